The van der Waals surface area contributed by atoms with E-state index < -0.39 is 5.54 Å². The molecule has 0 bridgehead atoms. The maximum absolute atomic E-state index is 12.4. The molecule has 7 heteroatoms. The number of halogens is 1. The molecule has 0 radical (unpaired) electrons. The normalized spacial score (nSPS) is 16.3. The van der Waals surface area contributed by atoms with E-state index in [0.29, 0.717) is 37.4 Å². The molecule has 1 saturated heterocycles. The van der Waals surface area contributed by atoms with E-state index in [0.717, 1.165) is 0 Å². The molecule has 1 aliphatic rings. The van der Waals surface area contributed by atoms with Gasteiger partial charge in [0.15, 0.2) is 0 Å². The van der Waals surface area contributed by atoms with Crippen LogP contribution >= 0.6 is 12.4 Å². The zero-order valence-corrected chi connectivity index (χ0v) is 14.2. The Morgan fingerprint density at radius 1 is 1.17 bits per heavy atom. The van der Waals surface area contributed by atoms with Crippen molar-refractivity contribution in [3.05, 3.63) is 24.3 Å². The van der Waals surface area contributed by atoms with Gasteiger partial charge in [-0.1, -0.05) is 19.9 Å². The first-order chi connectivity index (χ1) is 10.4. The highest BCUT2D eigenvalue weighted by Crippen LogP contribution is 2.22. The lowest BCUT2D eigenvalue weighted by Crippen LogP contribution is -2.54. The van der Waals surface area contributed by atoms with Gasteiger partial charge in [-0.2, -0.15) is 0 Å². The van der Waals surface area contributed by atoms with Crippen molar-refractivity contribution in [3.63, 3.8) is 0 Å². The Labute approximate surface area is 142 Å². The van der Waals surface area contributed by atoms with Crippen LogP contribution in [0.2, 0.25) is 0 Å². The Balaban J connectivity index is 0.00000264. The van der Waals surface area contributed by atoms with Crippen LogP contribution in [0.5, 0.6) is 0 Å². The summed E-state index contributed by atoms with van der Waals surface area (Å²) in [5, 5.41) is 5.63. The van der Waals surface area contributed by atoms with Crippen molar-refractivity contribution >= 4 is 35.6 Å². The highest BCUT2D eigenvalue weighted by Gasteiger charge is 2.35. The molecule has 0 unspecified atom stereocenters. The monoisotopic (exact) mass is 341 g/mol. The second kappa shape index (κ2) is 8.29. The van der Waals surface area contributed by atoms with Gasteiger partial charge >= 0.3 is 0 Å². The van der Waals surface area contributed by atoms with Crippen LogP contribution in [-0.2, 0) is 14.3 Å². The van der Waals surface area contributed by atoms with Crippen molar-refractivity contribution in [2.45, 2.75) is 32.2 Å². The molecule has 0 atom stereocenters. The molecule has 1 aliphatic heterocycles. The van der Waals surface area contributed by atoms with Crippen LogP contribution in [0.4, 0.5) is 11.4 Å². The first kappa shape index (κ1) is 19.4. The summed E-state index contributed by atoms with van der Waals surface area (Å²) in [6, 6.07) is 7.05. The third-order valence-corrected chi connectivity index (χ3v) is 3.75. The largest absolute Gasteiger partial charge is 0.381 e. The minimum absolute atomic E-state index is 0. The number of nitrogens with one attached hydrogen (secondary N) is 2. The minimum Gasteiger partial charge on any atom is -0.381 e. The molecule has 4 N–H and O–H groups in total. The fraction of sp³-hybridized carbons (Fsp3) is 0.500. The van der Waals surface area contributed by atoms with Crippen molar-refractivity contribution in [1.29, 1.82) is 0 Å². The number of nitrogens with two attached hydrogens (primary N) is 1. The molecule has 6 nitrogen and oxygen atoms in total. The van der Waals surface area contributed by atoms with Gasteiger partial charge in [0.1, 0.15) is 5.54 Å². The summed E-state index contributed by atoms with van der Waals surface area (Å²) in [6.45, 7) is 4.64. The average Bonchev–Trinajstić information content (AvgIpc) is 2.48. The predicted octanol–water partition coefficient (Wildman–Crippen LogP) is 2.15. The molecule has 2 rings (SSSR count). The molecule has 1 heterocycles. The lowest BCUT2D eigenvalue weighted by molar-refractivity contribution is -0.124. The number of anilines is 2. The fourth-order valence-electron chi connectivity index (χ4n) is 2.18. The van der Waals surface area contributed by atoms with Crippen molar-refractivity contribution < 1.29 is 14.3 Å². The van der Waals surface area contributed by atoms with Gasteiger partial charge in [-0.3, -0.25) is 9.59 Å². The Morgan fingerprint density at radius 2 is 1.74 bits per heavy atom. The molecule has 0 aromatic heterocycles. The first-order valence-corrected chi connectivity index (χ1v) is 7.50. The molecule has 0 spiro atoms. The molecule has 0 aliphatic carbocycles. The third-order valence-electron chi connectivity index (χ3n) is 3.75. The SMILES string of the molecule is CC(C)C(=O)Nc1cccc(NC(=O)C2(N)CCOCC2)c1.Cl. The molecule has 1 fully saturated rings. The topological polar surface area (TPSA) is 93.5 Å². The van der Waals surface area contributed by atoms with E-state index in [1.54, 1.807) is 24.3 Å². The highest BCUT2D eigenvalue weighted by molar-refractivity contribution is 5.99. The highest BCUT2D eigenvalue weighted by atomic mass is 35.5. The number of carbonyl (C=O) groups is 2. The van der Waals surface area contributed by atoms with Gasteiger partial charge in [-0.25, -0.2) is 0 Å². The van der Waals surface area contributed by atoms with Gasteiger partial charge in [0.25, 0.3) is 0 Å². The summed E-state index contributed by atoms with van der Waals surface area (Å²) in [5.41, 5.74) is 6.52. The van der Waals surface area contributed by atoms with E-state index in [1.165, 1.54) is 0 Å². The Kier molecular flexibility index (Phi) is 7.00. The number of amides is 2. The number of benzene rings is 1. The lowest BCUT2D eigenvalue weighted by atomic mass is 9.90. The molecule has 0 saturated carbocycles. The van der Waals surface area contributed by atoms with Gasteiger partial charge in [-0.05, 0) is 31.0 Å². The molecule has 128 valence electrons. The summed E-state index contributed by atoms with van der Waals surface area (Å²) >= 11 is 0. The van der Waals surface area contributed by atoms with Crippen molar-refractivity contribution in [2.24, 2.45) is 11.7 Å². The zero-order valence-electron chi connectivity index (χ0n) is 13.4. The van der Waals surface area contributed by atoms with Crippen molar-refractivity contribution in [3.8, 4) is 0 Å². The zero-order chi connectivity index (χ0) is 16.2. The Bertz CT molecular complexity index is 557. The maximum Gasteiger partial charge on any atom is 0.244 e. The Hall–Kier alpha value is -1.63. The number of ether oxygens (including phenoxy) is 1. The van der Waals surface area contributed by atoms with Crippen LogP contribution in [0.1, 0.15) is 26.7 Å². The molecular weight excluding hydrogens is 318 g/mol. The average molecular weight is 342 g/mol. The molecule has 2 amide bonds. The third kappa shape index (κ3) is 5.20. The van der Waals surface area contributed by atoms with Gasteiger partial charge in [0.05, 0.1) is 0 Å². The number of hydrogen-bond donors (Lipinski definition) is 3. The molecule has 23 heavy (non-hydrogen) atoms. The first-order valence-electron chi connectivity index (χ1n) is 7.50. The second-order valence-electron chi connectivity index (χ2n) is 5.95. The minimum atomic E-state index is -0.893. The van der Waals surface area contributed by atoms with Crippen LogP contribution in [0, 0.1) is 5.92 Å². The van der Waals surface area contributed by atoms with E-state index in [4.69, 9.17) is 10.5 Å². The standard InChI is InChI=1S/C16H23N3O3.ClH/c1-11(2)14(20)18-12-4-3-5-13(10-12)19-15(21)16(17)6-8-22-9-7-16;/h3-5,10-11H,6-9,17H2,1-2H3,(H,18,20)(H,19,21);1H. The summed E-state index contributed by atoms with van der Waals surface area (Å²) in [7, 11) is 0. The number of hydrogen-bond acceptors (Lipinski definition) is 4. The van der Waals surface area contributed by atoms with E-state index in [9.17, 15) is 9.59 Å². The fourth-order valence-corrected chi connectivity index (χ4v) is 2.18. The number of rotatable bonds is 4. The van der Waals surface area contributed by atoms with Gasteiger partial charge < -0.3 is 21.1 Å². The smallest absolute Gasteiger partial charge is 0.244 e. The van der Waals surface area contributed by atoms with Crippen molar-refractivity contribution in [1.82, 2.24) is 0 Å². The van der Waals surface area contributed by atoms with Crippen LogP contribution in [-0.4, -0.2) is 30.6 Å². The predicted molar refractivity (Wildman–Crippen MR) is 92.8 cm³/mol. The van der Waals surface area contributed by atoms with Crippen LogP contribution < -0.4 is 16.4 Å². The summed E-state index contributed by atoms with van der Waals surface area (Å²) < 4.78 is 5.24. The quantitative estimate of drug-likeness (QED) is 0.782. The molecule has 1 aromatic carbocycles. The van der Waals surface area contributed by atoms with Crippen molar-refractivity contribution in [2.75, 3.05) is 23.8 Å². The van der Waals surface area contributed by atoms with Gasteiger partial charge in [0.2, 0.25) is 11.8 Å². The van der Waals surface area contributed by atoms with E-state index in [-0.39, 0.29) is 30.1 Å². The summed E-state index contributed by atoms with van der Waals surface area (Å²) in [4.78, 5) is 24.1. The Morgan fingerprint density at radius 3 is 2.30 bits per heavy atom. The second-order valence-corrected chi connectivity index (χ2v) is 5.95. The van der Waals surface area contributed by atoms with E-state index >= 15 is 0 Å². The van der Waals surface area contributed by atoms with Crippen LogP contribution in [0.3, 0.4) is 0 Å². The summed E-state index contributed by atoms with van der Waals surface area (Å²) in [6.07, 6.45) is 1.01. The molecular formula is C16H24ClN3O3. The van der Waals surface area contributed by atoms with Crippen LogP contribution in [0.15, 0.2) is 24.3 Å². The molecule has 1 aromatic rings. The van der Waals surface area contributed by atoms with E-state index in [1.807, 2.05) is 13.8 Å². The maximum atomic E-state index is 12.4. The van der Waals surface area contributed by atoms with E-state index in [2.05, 4.69) is 10.6 Å². The van der Waals surface area contributed by atoms with Gasteiger partial charge in [-0.15, -0.1) is 12.4 Å². The summed E-state index contributed by atoms with van der Waals surface area (Å²) in [5.74, 6) is -0.390. The number of carbonyl (C=O) groups excluding carboxylic acids is 2. The lowest BCUT2D eigenvalue weighted by Gasteiger charge is -2.31. The van der Waals surface area contributed by atoms with Gasteiger partial charge in [0, 0.05) is 30.5 Å². The van der Waals surface area contributed by atoms with Crippen LogP contribution in [0.25, 0.3) is 0 Å².